The molecule has 0 spiro atoms. The highest BCUT2D eigenvalue weighted by Crippen LogP contribution is 2.55. The maximum Gasteiger partial charge on any atom is 0.336 e. The van der Waals surface area contributed by atoms with E-state index in [1.165, 1.54) is 37.7 Å². The van der Waals surface area contributed by atoms with Gasteiger partial charge in [0.05, 0.1) is 13.7 Å². The number of aliphatic hydroxyl groups is 1. The Bertz CT molecular complexity index is 474. The van der Waals surface area contributed by atoms with Crippen molar-refractivity contribution in [1.82, 2.24) is 0 Å². The maximum atomic E-state index is 10.6. The summed E-state index contributed by atoms with van der Waals surface area (Å²) in [5, 5.41) is 8.35. The predicted molar refractivity (Wildman–Crippen MR) is 156 cm³/mol. The SMILES string of the molecule is C1CC2C3CCC(CC3)C2C1.CC.CC.CCOC(=O)C(C)OI.CCOCC.COC(=O)C(C)O. The number of carbonyl (C=O) groups excluding carboxylic acids is 2. The second kappa shape index (κ2) is 27.6. The molecule has 8 heteroatoms. The molecule has 1 N–H and O–H groups in total. The molecule has 4 rings (SSSR count). The van der Waals surface area contributed by atoms with Crippen LogP contribution < -0.4 is 0 Å². The lowest BCUT2D eigenvalue weighted by atomic mass is 9.60. The van der Waals surface area contributed by atoms with Crippen molar-refractivity contribution < 1.29 is 32.0 Å². The quantitative estimate of drug-likeness (QED) is 0.245. The van der Waals surface area contributed by atoms with Crippen LogP contribution in [-0.2, 0) is 26.9 Å². The van der Waals surface area contributed by atoms with E-state index >= 15 is 0 Å². The Morgan fingerprint density at radius 1 is 0.806 bits per heavy atom. The van der Waals surface area contributed by atoms with Crippen LogP contribution in [0.1, 0.15) is 107 Å². The first-order valence-corrected chi connectivity index (χ1v) is 14.9. The smallest absolute Gasteiger partial charge is 0.336 e. The predicted octanol–water partition coefficient (Wildman–Crippen LogP) is 7.16. The molecule has 0 heterocycles. The Kier molecular flexibility index (Phi) is 30.7. The second-order valence-electron chi connectivity index (χ2n) is 8.40. The van der Waals surface area contributed by atoms with Gasteiger partial charge >= 0.3 is 11.9 Å². The van der Waals surface area contributed by atoms with Gasteiger partial charge in [-0.25, -0.2) is 9.59 Å². The highest BCUT2D eigenvalue weighted by molar-refractivity contribution is 14.1. The lowest BCUT2D eigenvalue weighted by Gasteiger charge is -2.45. The highest BCUT2D eigenvalue weighted by atomic mass is 127. The Labute approximate surface area is 236 Å². The van der Waals surface area contributed by atoms with Crippen LogP contribution in [0.2, 0.25) is 0 Å². The molecule has 0 radical (unpaired) electrons. The van der Waals surface area contributed by atoms with E-state index in [0.29, 0.717) is 6.61 Å². The fourth-order valence-corrected chi connectivity index (χ4v) is 5.07. The van der Waals surface area contributed by atoms with Crippen LogP contribution in [0.15, 0.2) is 0 Å². The van der Waals surface area contributed by atoms with E-state index in [-0.39, 0.29) is 5.97 Å². The number of fused-ring (bicyclic) bond motifs is 2. The van der Waals surface area contributed by atoms with Crippen LogP contribution >= 0.6 is 23.0 Å². The minimum atomic E-state index is -0.995. The molecule has 218 valence electrons. The molecule has 2 bridgehead atoms. The summed E-state index contributed by atoms with van der Waals surface area (Å²) in [6.07, 6.45) is 9.64. The van der Waals surface area contributed by atoms with E-state index in [2.05, 4.69) is 12.5 Å². The van der Waals surface area contributed by atoms with Gasteiger partial charge in [0.1, 0.15) is 29.1 Å². The third-order valence-electron chi connectivity index (χ3n) is 6.36. The van der Waals surface area contributed by atoms with E-state index in [1.807, 2.05) is 41.5 Å². The van der Waals surface area contributed by atoms with Crippen molar-refractivity contribution in [2.75, 3.05) is 26.9 Å². The van der Waals surface area contributed by atoms with E-state index in [4.69, 9.17) is 9.84 Å². The van der Waals surface area contributed by atoms with Crippen LogP contribution in [0.5, 0.6) is 0 Å². The summed E-state index contributed by atoms with van der Waals surface area (Å²) in [4.78, 5) is 20.7. The van der Waals surface area contributed by atoms with Gasteiger partial charge in [-0.15, -0.1) is 0 Å². The molecule has 4 aliphatic rings. The first-order chi connectivity index (χ1) is 17.3. The van der Waals surface area contributed by atoms with Gasteiger partial charge in [-0.2, -0.15) is 0 Å². The summed E-state index contributed by atoms with van der Waals surface area (Å²) in [6, 6.07) is 0. The Morgan fingerprint density at radius 3 is 1.44 bits per heavy atom. The molecule has 4 atom stereocenters. The van der Waals surface area contributed by atoms with Crippen LogP contribution in [0, 0.1) is 23.7 Å². The van der Waals surface area contributed by atoms with Crippen molar-refractivity contribution in [3.63, 3.8) is 0 Å². The lowest BCUT2D eigenvalue weighted by molar-refractivity contribution is -0.149. The molecule has 4 unspecified atom stereocenters. The zero-order chi connectivity index (χ0) is 28.5. The highest BCUT2D eigenvalue weighted by Gasteiger charge is 2.45. The van der Waals surface area contributed by atoms with Gasteiger partial charge < -0.3 is 22.4 Å². The fourth-order valence-electron chi connectivity index (χ4n) is 4.86. The average Bonchev–Trinajstić information content (AvgIpc) is 3.45. The number of hydrogen-bond acceptors (Lipinski definition) is 7. The summed E-state index contributed by atoms with van der Waals surface area (Å²) in [5.41, 5.74) is 0. The molecule has 0 aromatic heterocycles. The number of hydrogen-bond donors (Lipinski definition) is 1. The summed E-state index contributed by atoms with van der Waals surface area (Å²) < 4.78 is 18.2. The van der Waals surface area contributed by atoms with Gasteiger partial charge in [-0.3, -0.25) is 0 Å². The van der Waals surface area contributed by atoms with E-state index in [0.717, 1.165) is 13.2 Å². The molecule has 0 aliphatic heterocycles. The van der Waals surface area contributed by atoms with E-state index in [1.54, 1.807) is 81.8 Å². The summed E-state index contributed by atoms with van der Waals surface area (Å²) in [6.45, 7) is 18.8. The number of esters is 2. The standard InChI is InChI=1S/C11H18.C5H9IO3.C4H8O3.C4H10O.2C2H6/c1-2-10-8-4-6-9(7-5-8)11(10)3-1;1-3-8-5(7)4(2)9-6;1-3(5)4(6)7-2;1-3-5-4-2;2*1-2/h8-11H,1-7H2;4H,3H2,1-2H3;3,5H,1-2H3;3-4H2,1-2H3;2*1-2H3. The minimum Gasteiger partial charge on any atom is -0.467 e. The number of aliphatic hydroxyl groups excluding tert-OH is 1. The molecule has 4 aliphatic carbocycles. The normalized spacial score (nSPS) is 23.9. The summed E-state index contributed by atoms with van der Waals surface area (Å²) >= 11 is 1.67. The zero-order valence-electron chi connectivity index (χ0n) is 24.8. The Hall–Kier alpha value is -0.450. The van der Waals surface area contributed by atoms with Gasteiger partial charge in [0, 0.05) is 13.2 Å². The molecular weight excluding hydrogens is 575 g/mol. The van der Waals surface area contributed by atoms with Crippen molar-refractivity contribution in [1.29, 1.82) is 0 Å². The largest absolute Gasteiger partial charge is 0.467 e. The number of methoxy groups -OCH3 is 1. The first kappa shape index (κ1) is 40.1. The number of ether oxygens (including phenoxy) is 3. The van der Waals surface area contributed by atoms with Crippen molar-refractivity contribution in [2.24, 2.45) is 23.7 Å². The molecular formula is C28H57IO7. The van der Waals surface area contributed by atoms with Gasteiger partial charge in [0.2, 0.25) is 0 Å². The fraction of sp³-hybridized carbons (Fsp3) is 0.929. The topological polar surface area (TPSA) is 91.3 Å². The molecule has 36 heavy (non-hydrogen) atoms. The minimum absolute atomic E-state index is 0.313. The van der Waals surface area contributed by atoms with Gasteiger partial charge in [-0.1, -0.05) is 34.1 Å². The molecule has 0 amide bonds. The van der Waals surface area contributed by atoms with Gasteiger partial charge in [0.15, 0.2) is 6.10 Å². The molecule has 0 saturated heterocycles. The Balaban J connectivity index is -0.000000400. The van der Waals surface area contributed by atoms with Crippen molar-refractivity contribution >= 4 is 34.9 Å². The van der Waals surface area contributed by atoms with Crippen LogP contribution in [0.25, 0.3) is 0 Å². The second-order valence-corrected chi connectivity index (χ2v) is 8.91. The molecule has 4 saturated carbocycles. The van der Waals surface area contributed by atoms with Gasteiger partial charge in [-0.05, 0) is 96.8 Å². The summed E-state index contributed by atoms with van der Waals surface area (Å²) in [7, 11) is 1.23. The third-order valence-corrected chi connectivity index (χ3v) is 7.12. The lowest BCUT2D eigenvalue weighted by Crippen LogP contribution is -2.36. The zero-order valence-corrected chi connectivity index (χ0v) is 27.0. The average molecular weight is 633 g/mol. The first-order valence-electron chi connectivity index (χ1n) is 14.0. The van der Waals surface area contributed by atoms with Crippen LogP contribution in [0.3, 0.4) is 0 Å². The van der Waals surface area contributed by atoms with Crippen LogP contribution in [-0.4, -0.2) is 56.2 Å². The number of carbonyl (C=O) groups is 2. The maximum absolute atomic E-state index is 10.6. The van der Waals surface area contributed by atoms with Crippen LogP contribution in [0.4, 0.5) is 0 Å². The van der Waals surface area contributed by atoms with Crippen molar-refractivity contribution in [3.8, 4) is 0 Å². The third kappa shape index (κ3) is 17.9. The summed E-state index contributed by atoms with van der Waals surface area (Å²) in [5.74, 6) is 3.83. The van der Waals surface area contributed by atoms with E-state index in [9.17, 15) is 9.59 Å². The van der Waals surface area contributed by atoms with Crippen molar-refractivity contribution in [2.45, 2.75) is 119 Å². The monoisotopic (exact) mass is 632 g/mol. The number of halogens is 1. The van der Waals surface area contributed by atoms with E-state index < -0.39 is 18.2 Å². The molecule has 4 fully saturated rings. The molecule has 0 aromatic rings. The number of rotatable bonds is 6. The Morgan fingerprint density at radius 2 is 1.22 bits per heavy atom. The molecule has 7 nitrogen and oxygen atoms in total. The molecule has 0 aromatic carbocycles. The van der Waals surface area contributed by atoms with Gasteiger partial charge in [0.25, 0.3) is 0 Å². The van der Waals surface area contributed by atoms with Crippen molar-refractivity contribution in [3.05, 3.63) is 0 Å².